The van der Waals surface area contributed by atoms with Crippen LogP contribution in [0, 0.1) is 0 Å². The van der Waals surface area contributed by atoms with Crippen molar-refractivity contribution in [1.29, 1.82) is 0 Å². The molecule has 1 atom stereocenters. The van der Waals surface area contributed by atoms with Gasteiger partial charge in [-0.2, -0.15) is 0 Å². The van der Waals surface area contributed by atoms with Gasteiger partial charge in [-0.25, -0.2) is 0 Å². The molecule has 2 heterocycles. The van der Waals surface area contributed by atoms with Gasteiger partial charge < -0.3 is 10.6 Å². The van der Waals surface area contributed by atoms with Crippen molar-refractivity contribution in [2.24, 2.45) is 5.73 Å². The minimum atomic E-state index is 0.265. The molecule has 1 saturated heterocycles. The molecule has 16 heavy (non-hydrogen) atoms. The lowest BCUT2D eigenvalue weighted by atomic mass is 10.2. The maximum Gasteiger partial charge on any atom is 0.223 e. The van der Waals surface area contributed by atoms with E-state index in [1.54, 1.807) is 11.3 Å². The zero-order valence-electron chi connectivity index (χ0n) is 9.39. The molecule has 2 N–H and O–H groups in total. The van der Waals surface area contributed by atoms with Crippen molar-refractivity contribution in [3.63, 3.8) is 0 Å². The first-order chi connectivity index (χ1) is 7.81. The maximum absolute atomic E-state index is 12.0. The molecule has 0 bridgehead atoms. The van der Waals surface area contributed by atoms with Gasteiger partial charge in [0.2, 0.25) is 5.91 Å². The molecule has 1 aliphatic heterocycles. The molecule has 1 aromatic rings. The first-order valence-corrected chi connectivity index (χ1v) is 6.71. The molecule has 3 nitrogen and oxygen atoms in total. The van der Waals surface area contributed by atoms with Gasteiger partial charge in [-0.05, 0) is 30.7 Å². The predicted octanol–water partition coefficient (Wildman–Crippen LogP) is 1.63. The molecule has 0 radical (unpaired) electrons. The van der Waals surface area contributed by atoms with E-state index in [1.807, 2.05) is 11.0 Å². The molecule has 1 aliphatic rings. The second kappa shape index (κ2) is 5.46. The highest BCUT2D eigenvalue weighted by atomic mass is 32.1. The quantitative estimate of drug-likeness (QED) is 0.866. The molecule has 2 rings (SSSR count). The molecule has 0 aliphatic carbocycles. The fourth-order valence-electron chi connectivity index (χ4n) is 2.24. The van der Waals surface area contributed by atoms with Crippen LogP contribution in [0.3, 0.4) is 0 Å². The summed E-state index contributed by atoms with van der Waals surface area (Å²) >= 11 is 1.72. The molecular formula is C12H18N2OS. The summed E-state index contributed by atoms with van der Waals surface area (Å²) in [5.41, 5.74) is 5.66. The van der Waals surface area contributed by atoms with Gasteiger partial charge in [0.05, 0.1) is 0 Å². The second-order valence-corrected chi connectivity index (χ2v) is 5.23. The van der Waals surface area contributed by atoms with Crippen LogP contribution in [0.15, 0.2) is 17.5 Å². The fraction of sp³-hybridized carbons (Fsp3) is 0.583. The van der Waals surface area contributed by atoms with Crippen LogP contribution >= 0.6 is 11.3 Å². The average molecular weight is 238 g/mol. The Labute approximate surface area is 100 Å². The van der Waals surface area contributed by atoms with Crippen LogP contribution in [-0.2, 0) is 11.2 Å². The van der Waals surface area contributed by atoms with E-state index < -0.39 is 0 Å². The highest BCUT2D eigenvalue weighted by molar-refractivity contribution is 7.09. The normalized spacial score (nSPS) is 20.3. The smallest absolute Gasteiger partial charge is 0.223 e. The molecule has 1 amide bonds. The van der Waals surface area contributed by atoms with E-state index in [0.717, 1.165) is 25.8 Å². The average Bonchev–Trinajstić information content (AvgIpc) is 2.96. The van der Waals surface area contributed by atoms with Gasteiger partial charge in [0.15, 0.2) is 0 Å². The number of rotatable bonds is 4. The Hall–Kier alpha value is -0.870. The van der Waals surface area contributed by atoms with Crippen LogP contribution in [0.5, 0.6) is 0 Å². The Morgan fingerprint density at radius 1 is 1.62 bits per heavy atom. The summed E-state index contributed by atoms with van der Waals surface area (Å²) in [4.78, 5) is 15.2. The summed E-state index contributed by atoms with van der Waals surface area (Å²) in [6.07, 6.45) is 3.66. The second-order valence-electron chi connectivity index (χ2n) is 4.20. The minimum Gasteiger partial charge on any atom is -0.338 e. The number of carbonyl (C=O) groups excluding carboxylic acids is 1. The third kappa shape index (κ3) is 2.62. The van der Waals surface area contributed by atoms with E-state index in [1.165, 1.54) is 4.88 Å². The van der Waals surface area contributed by atoms with E-state index in [2.05, 4.69) is 11.4 Å². The molecule has 1 aromatic heterocycles. The lowest BCUT2D eigenvalue weighted by Gasteiger charge is -2.23. The molecular weight excluding hydrogens is 220 g/mol. The van der Waals surface area contributed by atoms with Gasteiger partial charge in [-0.15, -0.1) is 11.3 Å². The van der Waals surface area contributed by atoms with Crippen molar-refractivity contribution < 1.29 is 4.79 Å². The highest BCUT2D eigenvalue weighted by Crippen LogP contribution is 2.18. The maximum atomic E-state index is 12.0. The summed E-state index contributed by atoms with van der Waals surface area (Å²) in [6, 6.07) is 4.40. The molecule has 0 aromatic carbocycles. The summed E-state index contributed by atoms with van der Waals surface area (Å²) in [6.45, 7) is 1.50. The Kier molecular flexibility index (Phi) is 3.96. The van der Waals surface area contributed by atoms with Crippen LogP contribution < -0.4 is 5.73 Å². The molecule has 1 unspecified atom stereocenters. The standard InChI is InChI=1S/C12H18N2OS/c13-9-10-3-1-7-14(10)12(15)6-5-11-4-2-8-16-11/h2,4,8,10H,1,3,5-7,9,13H2. The fourth-order valence-corrected chi connectivity index (χ4v) is 2.95. The van der Waals surface area contributed by atoms with Crippen molar-refractivity contribution in [3.8, 4) is 0 Å². The lowest BCUT2D eigenvalue weighted by Crippen LogP contribution is -2.39. The van der Waals surface area contributed by atoms with Gasteiger partial charge in [-0.1, -0.05) is 6.07 Å². The zero-order valence-corrected chi connectivity index (χ0v) is 10.2. The van der Waals surface area contributed by atoms with Gasteiger partial charge in [-0.3, -0.25) is 4.79 Å². The summed E-state index contributed by atoms with van der Waals surface area (Å²) in [7, 11) is 0. The molecule has 1 fully saturated rings. The Morgan fingerprint density at radius 3 is 3.19 bits per heavy atom. The van der Waals surface area contributed by atoms with Gasteiger partial charge >= 0.3 is 0 Å². The van der Waals surface area contributed by atoms with Gasteiger partial charge in [0.25, 0.3) is 0 Å². The van der Waals surface area contributed by atoms with Gasteiger partial charge in [0.1, 0.15) is 0 Å². The Balaban J connectivity index is 1.83. The zero-order chi connectivity index (χ0) is 11.4. The number of carbonyl (C=O) groups is 1. The molecule has 0 spiro atoms. The van der Waals surface area contributed by atoms with Crippen LogP contribution in [-0.4, -0.2) is 29.9 Å². The third-order valence-electron chi connectivity index (χ3n) is 3.13. The monoisotopic (exact) mass is 238 g/mol. The van der Waals surface area contributed by atoms with E-state index in [0.29, 0.717) is 13.0 Å². The van der Waals surface area contributed by atoms with E-state index in [9.17, 15) is 4.79 Å². The molecule has 4 heteroatoms. The summed E-state index contributed by atoms with van der Waals surface area (Å²) < 4.78 is 0. The minimum absolute atomic E-state index is 0.265. The van der Waals surface area contributed by atoms with Crippen LogP contribution in [0.4, 0.5) is 0 Å². The summed E-state index contributed by atoms with van der Waals surface area (Å²) in [5.74, 6) is 0.265. The number of hydrogen-bond donors (Lipinski definition) is 1. The number of amides is 1. The summed E-state index contributed by atoms with van der Waals surface area (Å²) in [5, 5.41) is 2.05. The largest absolute Gasteiger partial charge is 0.338 e. The SMILES string of the molecule is NCC1CCCN1C(=O)CCc1cccs1. The number of nitrogens with zero attached hydrogens (tertiary/aromatic N) is 1. The number of likely N-dealkylation sites (tertiary alicyclic amines) is 1. The third-order valence-corrected chi connectivity index (χ3v) is 4.07. The van der Waals surface area contributed by atoms with E-state index in [4.69, 9.17) is 5.73 Å². The van der Waals surface area contributed by atoms with Crippen molar-refractivity contribution in [2.45, 2.75) is 31.7 Å². The van der Waals surface area contributed by atoms with Gasteiger partial charge in [0, 0.05) is 30.4 Å². The number of thiophene rings is 1. The van der Waals surface area contributed by atoms with E-state index in [-0.39, 0.29) is 11.9 Å². The highest BCUT2D eigenvalue weighted by Gasteiger charge is 2.26. The number of aryl methyl sites for hydroxylation is 1. The van der Waals surface area contributed by atoms with Crippen molar-refractivity contribution in [1.82, 2.24) is 4.90 Å². The van der Waals surface area contributed by atoms with Crippen LogP contribution in [0.2, 0.25) is 0 Å². The molecule has 88 valence electrons. The van der Waals surface area contributed by atoms with Crippen molar-refractivity contribution in [3.05, 3.63) is 22.4 Å². The van der Waals surface area contributed by atoms with Crippen LogP contribution in [0.1, 0.15) is 24.1 Å². The predicted molar refractivity (Wildman–Crippen MR) is 66.4 cm³/mol. The Morgan fingerprint density at radius 2 is 2.50 bits per heavy atom. The number of nitrogens with two attached hydrogens (primary N) is 1. The lowest BCUT2D eigenvalue weighted by molar-refractivity contribution is -0.131. The van der Waals surface area contributed by atoms with Crippen molar-refractivity contribution in [2.75, 3.05) is 13.1 Å². The Bertz CT molecular complexity index is 337. The first kappa shape index (κ1) is 11.6. The molecule has 0 saturated carbocycles. The van der Waals surface area contributed by atoms with Crippen LogP contribution in [0.25, 0.3) is 0 Å². The van der Waals surface area contributed by atoms with Crippen molar-refractivity contribution >= 4 is 17.2 Å². The van der Waals surface area contributed by atoms with E-state index >= 15 is 0 Å². The number of hydrogen-bond acceptors (Lipinski definition) is 3. The topological polar surface area (TPSA) is 46.3 Å². The first-order valence-electron chi connectivity index (χ1n) is 5.83.